The number of rotatable bonds is 2. The molecule has 1 aliphatic heterocycles. The van der Waals surface area contributed by atoms with Gasteiger partial charge in [0.15, 0.2) is 11.5 Å². The average molecular weight is 360 g/mol. The summed E-state index contributed by atoms with van der Waals surface area (Å²) in [4.78, 5) is 25.7. The molecule has 1 aromatic carbocycles. The Bertz CT molecular complexity index is 895. The van der Waals surface area contributed by atoms with Gasteiger partial charge in [-0.25, -0.2) is 0 Å². The van der Waals surface area contributed by atoms with E-state index in [9.17, 15) is 9.59 Å². The molecule has 0 spiro atoms. The molecule has 0 aliphatic carbocycles. The maximum Gasteiger partial charge on any atom is 0.264 e. The van der Waals surface area contributed by atoms with Gasteiger partial charge in [-0.05, 0) is 39.0 Å². The summed E-state index contributed by atoms with van der Waals surface area (Å²) in [5.41, 5.74) is -0.0958. The predicted octanol–water partition coefficient (Wildman–Crippen LogP) is 1.95. The van der Waals surface area contributed by atoms with Crippen LogP contribution in [0.2, 0.25) is 0 Å². The highest BCUT2D eigenvalue weighted by Crippen LogP contribution is 2.35. The first-order valence-electron chi connectivity index (χ1n) is 8.59. The highest BCUT2D eigenvalue weighted by molar-refractivity contribution is 5.99. The van der Waals surface area contributed by atoms with Gasteiger partial charge in [0.2, 0.25) is 0 Å². The number of ether oxygens (including phenoxy) is 3. The summed E-state index contributed by atoms with van der Waals surface area (Å²) < 4.78 is 18.3. The zero-order valence-electron chi connectivity index (χ0n) is 15.5. The molecule has 0 saturated heterocycles. The number of carbonyl (C=O) groups is 1. The van der Waals surface area contributed by atoms with E-state index in [2.05, 4.69) is 5.32 Å². The van der Waals surface area contributed by atoms with Gasteiger partial charge in [0.1, 0.15) is 12.2 Å². The molecule has 0 fully saturated rings. The fourth-order valence-electron chi connectivity index (χ4n) is 2.97. The zero-order chi connectivity index (χ0) is 18.9. The monoisotopic (exact) mass is 360 g/mol. The topological polar surface area (TPSA) is 78.8 Å². The molecule has 7 nitrogen and oxygen atoms in total. The van der Waals surface area contributed by atoms with Crippen LogP contribution in [0.4, 0.5) is 0 Å². The van der Waals surface area contributed by atoms with E-state index >= 15 is 0 Å². The van der Waals surface area contributed by atoms with Crippen LogP contribution in [-0.4, -0.2) is 42.9 Å². The van der Waals surface area contributed by atoms with E-state index < -0.39 is 11.4 Å². The molecule has 1 aliphatic rings. The molecule has 2 aromatic rings. The van der Waals surface area contributed by atoms with Crippen LogP contribution in [0.1, 0.15) is 31.1 Å². The number of aromatic nitrogens is 1. The van der Waals surface area contributed by atoms with Crippen molar-refractivity contribution in [1.82, 2.24) is 9.88 Å². The summed E-state index contributed by atoms with van der Waals surface area (Å²) >= 11 is 0. The van der Waals surface area contributed by atoms with Gasteiger partial charge < -0.3 is 24.1 Å². The molecule has 140 valence electrons. The minimum atomic E-state index is -0.441. The van der Waals surface area contributed by atoms with Gasteiger partial charge in [-0.3, -0.25) is 9.59 Å². The third-order valence-corrected chi connectivity index (χ3v) is 4.06. The molecule has 26 heavy (non-hydrogen) atoms. The Labute approximate surface area is 151 Å². The molecular weight excluding hydrogens is 336 g/mol. The SMILES string of the molecule is COc1ccc2cc(C(=O)NC(C)(C)C)c(=O)n3c2c1OCCOCC3. The normalized spacial score (nSPS) is 14.8. The highest BCUT2D eigenvalue weighted by Gasteiger charge is 2.23. The molecule has 0 bridgehead atoms. The van der Waals surface area contributed by atoms with Crippen LogP contribution >= 0.6 is 0 Å². The average Bonchev–Trinajstić information content (AvgIpc) is 2.67. The van der Waals surface area contributed by atoms with Crippen molar-refractivity contribution < 1.29 is 19.0 Å². The molecule has 7 heteroatoms. The Morgan fingerprint density at radius 2 is 2.00 bits per heavy atom. The molecule has 0 atom stereocenters. The first-order chi connectivity index (χ1) is 12.3. The van der Waals surface area contributed by atoms with E-state index in [1.165, 1.54) is 4.57 Å². The minimum absolute atomic E-state index is 0.0998. The smallest absolute Gasteiger partial charge is 0.264 e. The standard InChI is InChI=1S/C19H24N2O5/c1-19(2,3)20-17(22)13-11-12-5-6-14(24-4)16-15(12)21(18(13)23)7-8-25-9-10-26-16/h5-6,11H,7-10H2,1-4H3,(H,20,22). The number of benzene rings is 1. The molecule has 0 unspecified atom stereocenters. The maximum atomic E-state index is 13.1. The van der Waals surface area contributed by atoms with Gasteiger partial charge in [0.25, 0.3) is 11.5 Å². The summed E-state index contributed by atoms with van der Waals surface area (Å²) in [5, 5.41) is 3.59. The van der Waals surface area contributed by atoms with Crippen LogP contribution in [0.25, 0.3) is 10.9 Å². The summed E-state index contributed by atoms with van der Waals surface area (Å²) in [6.45, 7) is 7.08. The molecule has 2 heterocycles. The third kappa shape index (κ3) is 3.53. The van der Waals surface area contributed by atoms with E-state index in [4.69, 9.17) is 14.2 Å². The van der Waals surface area contributed by atoms with E-state index in [-0.39, 0.29) is 11.1 Å². The lowest BCUT2D eigenvalue weighted by Crippen LogP contribution is -2.43. The molecule has 1 N–H and O–H groups in total. The lowest BCUT2D eigenvalue weighted by molar-refractivity contribution is 0.0914. The number of methoxy groups -OCH3 is 1. The summed E-state index contributed by atoms with van der Waals surface area (Å²) in [6, 6.07) is 5.21. The highest BCUT2D eigenvalue weighted by atomic mass is 16.5. The van der Waals surface area contributed by atoms with Gasteiger partial charge in [-0.2, -0.15) is 0 Å². The first kappa shape index (κ1) is 18.3. The predicted molar refractivity (Wildman–Crippen MR) is 98.3 cm³/mol. The van der Waals surface area contributed by atoms with Gasteiger partial charge in [0, 0.05) is 17.5 Å². The minimum Gasteiger partial charge on any atom is -0.493 e. The van der Waals surface area contributed by atoms with E-state index in [1.54, 1.807) is 19.2 Å². The number of hydrogen-bond donors (Lipinski definition) is 1. The number of hydrogen-bond acceptors (Lipinski definition) is 5. The molecule has 0 radical (unpaired) electrons. The molecule has 1 amide bonds. The van der Waals surface area contributed by atoms with E-state index in [0.29, 0.717) is 43.4 Å². The van der Waals surface area contributed by atoms with Crippen molar-refractivity contribution in [3.8, 4) is 11.5 Å². The summed E-state index contributed by atoms with van der Waals surface area (Å²) in [5.74, 6) is 0.641. The molecule has 3 rings (SSSR count). The summed E-state index contributed by atoms with van der Waals surface area (Å²) in [7, 11) is 1.55. The van der Waals surface area contributed by atoms with Crippen molar-refractivity contribution in [2.45, 2.75) is 32.9 Å². The second-order valence-electron chi connectivity index (χ2n) is 7.21. The van der Waals surface area contributed by atoms with Crippen molar-refractivity contribution in [2.24, 2.45) is 0 Å². The lowest BCUT2D eigenvalue weighted by Gasteiger charge is -2.21. The van der Waals surface area contributed by atoms with Gasteiger partial charge in [-0.15, -0.1) is 0 Å². The number of amides is 1. The third-order valence-electron chi connectivity index (χ3n) is 4.06. The van der Waals surface area contributed by atoms with Crippen molar-refractivity contribution >= 4 is 16.8 Å². The second kappa shape index (κ2) is 6.99. The van der Waals surface area contributed by atoms with Crippen molar-refractivity contribution in [3.05, 3.63) is 34.1 Å². The number of carbonyl (C=O) groups excluding carboxylic acids is 1. The Kier molecular flexibility index (Phi) is 4.91. The van der Waals surface area contributed by atoms with Crippen LogP contribution in [0.5, 0.6) is 11.5 Å². The van der Waals surface area contributed by atoms with Crippen LogP contribution in [-0.2, 0) is 11.3 Å². The van der Waals surface area contributed by atoms with Gasteiger partial charge in [0.05, 0.1) is 25.8 Å². The van der Waals surface area contributed by atoms with Crippen LogP contribution in [0, 0.1) is 0 Å². The Hall–Kier alpha value is -2.54. The van der Waals surface area contributed by atoms with Crippen molar-refractivity contribution in [2.75, 3.05) is 26.9 Å². The number of nitrogens with one attached hydrogen (secondary N) is 1. The van der Waals surface area contributed by atoms with Gasteiger partial charge in [-0.1, -0.05) is 0 Å². The van der Waals surface area contributed by atoms with Crippen LogP contribution < -0.4 is 20.3 Å². The van der Waals surface area contributed by atoms with E-state index in [1.807, 2.05) is 26.8 Å². The zero-order valence-corrected chi connectivity index (χ0v) is 15.5. The fraction of sp³-hybridized carbons (Fsp3) is 0.474. The largest absolute Gasteiger partial charge is 0.493 e. The molecular formula is C19H24N2O5. The van der Waals surface area contributed by atoms with E-state index in [0.717, 1.165) is 5.39 Å². The Morgan fingerprint density at radius 1 is 1.23 bits per heavy atom. The maximum absolute atomic E-state index is 13.1. The quantitative estimate of drug-likeness (QED) is 0.886. The molecule has 0 saturated carbocycles. The fourth-order valence-corrected chi connectivity index (χ4v) is 2.97. The Balaban J connectivity index is 2.26. The van der Waals surface area contributed by atoms with Crippen molar-refractivity contribution in [3.63, 3.8) is 0 Å². The molecule has 1 aromatic heterocycles. The van der Waals surface area contributed by atoms with Crippen molar-refractivity contribution in [1.29, 1.82) is 0 Å². The van der Waals surface area contributed by atoms with Crippen LogP contribution in [0.15, 0.2) is 23.0 Å². The number of nitrogens with zero attached hydrogens (tertiary/aromatic N) is 1. The van der Waals surface area contributed by atoms with Crippen LogP contribution in [0.3, 0.4) is 0 Å². The summed E-state index contributed by atoms with van der Waals surface area (Å²) in [6.07, 6.45) is 0. The van der Waals surface area contributed by atoms with Gasteiger partial charge >= 0.3 is 0 Å². The first-order valence-corrected chi connectivity index (χ1v) is 8.59. The Morgan fingerprint density at radius 3 is 2.69 bits per heavy atom. The second-order valence-corrected chi connectivity index (χ2v) is 7.21. The lowest BCUT2D eigenvalue weighted by atomic mass is 10.1. The number of pyridine rings is 1.